The van der Waals surface area contributed by atoms with Crippen LogP contribution < -0.4 is 4.80 Å². The first-order chi connectivity index (χ1) is 10.5. The molecule has 0 amide bonds. The van der Waals surface area contributed by atoms with E-state index in [1.165, 1.54) is 28.9 Å². The van der Waals surface area contributed by atoms with Crippen molar-refractivity contribution in [2.75, 3.05) is 0 Å². The number of nitrogens with zero attached hydrogens (tertiary/aromatic N) is 2. The summed E-state index contributed by atoms with van der Waals surface area (Å²) in [4.78, 5) is 0.116. The number of hydrogen-bond acceptors (Lipinski definition) is 3. The fourth-order valence-electron chi connectivity index (χ4n) is 1.92. The monoisotopic (exact) mass is 373 g/mol. The molecule has 0 aliphatic rings. The second kappa shape index (κ2) is 6.01. The number of halogens is 4. The van der Waals surface area contributed by atoms with Gasteiger partial charge in [-0.15, -0.1) is 0 Å². The molecule has 0 bridgehead atoms. The highest BCUT2D eigenvalue weighted by atomic mass is 35.5. The van der Waals surface area contributed by atoms with E-state index in [9.17, 15) is 4.39 Å². The smallest absolute Gasteiger partial charge is 0.205 e. The summed E-state index contributed by atoms with van der Waals surface area (Å²) in [5.41, 5.74) is 0.954. The van der Waals surface area contributed by atoms with Crippen molar-refractivity contribution in [1.82, 2.24) is 9.78 Å². The van der Waals surface area contributed by atoms with Crippen LogP contribution in [0.3, 0.4) is 0 Å². The van der Waals surface area contributed by atoms with Crippen LogP contribution in [0.5, 0.6) is 0 Å². The zero-order valence-electron chi connectivity index (χ0n) is 10.8. The summed E-state index contributed by atoms with van der Waals surface area (Å²) < 4.78 is 14.6. The van der Waals surface area contributed by atoms with E-state index >= 15 is 0 Å². The lowest BCUT2D eigenvalue weighted by atomic mass is 10.2. The van der Waals surface area contributed by atoms with Crippen molar-refractivity contribution in [3.8, 4) is 16.3 Å². The van der Waals surface area contributed by atoms with Crippen LogP contribution in [0.2, 0.25) is 15.1 Å². The SMILES string of the molecule is N=c1sc(-c2cccc(F)c2)nn1-c1c(Cl)cc(Cl)cc1Cl. The minimum atomic E-state index is -0.367. The first-order valence-corrected chi connectivity index (χ1v) is 7.96. The minimum absolute atomic E-state index is 0.116. The summed E-state index contributed by atoms with van der Waals surface area (Å²) in [5, 5.41) is 13.8. The van der Waals surface area contributed by atoms with Crippen molar-refractivity contribution in [3.63, 3.8) is 0 Å². The third kappa shape index (κ3) is 2.90. The Balaban J connectivity index is 2.17. The van der Waals surface area contributed by atoms with E-state index in [0.717, 1.165) is 11.3 Å². The molecule has 1 heterocycles. The quantitative estimate of drug-likeness (QED) is 0.660. The van der Waals surface area contributed by atoms with Crippen LogP contribution in [0.1, 0.15) is 0 Å². The topological polar surface area (TPSA) is 41.7 Å². The van der Waals surface area contributed by atoms with Gasteiger partial charge in [-0.25, -0.2) is 9.07 Å². The van der Waals surface area contributed by atoms with Gasteiger partial charge in [0.15, 0.2) is 0 Å². The highest BCUT2D eigenvalue weighted by molar-refractivity contribution is 7.12. The standard InChI is InChI=1S/C14H7Cl3FN3S/c15-8-5-10(16)12(11(17)6-8)21-14(19)22-13(20-21)7-2-1-3-9(18)4-7/h1-6,19H. The van der Waals surface area contributed by atoms with Gasteiger partial charge >= 0.3 is 0 Å². The van der Waals surface area contributed by atoms with Crippen LogP contribution in [0, 0.1) is 11.2 Å². The highest BCUT2D eigenvalue weighted by Gasteiger charge is 2.15. The number of rotatable bonds is 2. The minimum Gasteiger partial charge on any atom is -0.273 e. The van der Waals surface area contributed by atoms with Gasteiger partial charge in [-0.1, -0.05) is 58.3 Å². The van der Waals surface area contributed by atoms with Crippen molar-refractivity contribution in [1.29, 1.82) is 5.41 Å². The van der Waals surface area contributed by atoms with Crippen LogP contribution in [-0.4, -0.2) is 9.78 Å². The Morgan fingerprint density at radius 3 is 2.41 bits per heavy atom. The summed E-state index contributed by atoms with van der Waals surface area (Å²) in [6.45, 7) is 0. The first-order valence-electron chi connectivity index (χ1n) is 6.01. The molecule has 0 spiro atoms. The summed E-state index contributed by atoms with van der Waals surface area (Å²) in [7, 11) is 0. The normalized spacial score (nSPS) is 10.9. The second-order valence-corrected chi connectivity index (χ2v) is 6.58. The van der Waals surface area contributed by atoms with Gasteiger partial charge in [-0.2, -0.15) is 5.10 Å². The highest BCUT2D eigenvalue weighted by Crippen LogP contribution is 2.32. The molecule has 3 aromatic rings. The Kier molecular flexibility index (Phi) is 4.23. The molecular formula is C14H7Cl3FN3S. The molecule has 8 heteroatoms. The Labute approximate surface area is 144 Å². The molecule has 0 radical (unpaired) electrons. The zero-order valence-corrected chi connectivity index (χ0v) is 13.9. The Morgan fingerprint density at radius 1 is 1.09 bits per heavy atom. The van der Waals surface area contributed by atoms with E-state index in [4.69, 9.17) is 40.2 Å². The number of benzene rings is 2. The van der Waals surface area contributed by atoms with Crippen LogP contribution in [0.25, 0.3) is 16.3 Å². The van der Waals surface area contributed by atoms with Gasteiger partial charge in [0, 0.05) is 10.6 Å². The largest absolute Gasteiger partial charge is 0.273 e. The maximum Gasteiger partial charge on any atom is 0.205 e. The van der Waals surface area contributed by atoms with Crippen LogP contribution in [-0.2, 0) is 0 Å². The number of hydrogen-bond donors (Lipinski definition) is 1. The average Bonchev–Trinajstić information content (AvgIpc) is 2.80. The third-order valence-corrected chi connectivity index (χ3v) is 4.51. The van der Waals surface area contributed by atoms with E-state index in [-0.39, 0.29) is 20.7 Å². The zero-order chi connectivity index (χ0) is 15.9. The van der Waals surface area contributed by atoms with Crippen LogP contribution in [0.15, 0.2) is 36.4 Å². The Bertz CT molecular complexity index is 897. The fraction of sp³-hybridized carbons (Fsp3) is 0. The van der Waals surface area contributed by atoms with Crippen molar-refractivity contribution in [2.24, 2.45) is 0 Å². The van der Waals surface area contributed by atoms with Gasteiger partial charge in [0.25, 0.3) is 0 Å². The molecule has 22 heavy (non-hydrogen) atoms. The average molecular weight is 375 g/mol. The molecule has 0 saturated carbocycles. The Morgan fingerprint density at radius 2 is 1.77 bits per heavy atom. The van der Waals surface area contributed by atoms with Crippen LogP contribution >= 0.6 is 46.1 Å². The number of aromatic nitrogens is 2. The lowest BCUT2D eigenvalue weighted by molar-refractivity contribution is 0.628. The summed E-state index contributed by atoms with van der Waals surface area (Å²) in [5.74, 6) is -0.367. The van der Waals surface area contributed by atoms with Crippen molar-refractivity contribution >= 4 is 46.1 Å². The maximum absolute atomic E-state index is 13.3. The predicted molar refractivity (Wildman–Crippen MR) is 87.7 cm³/mol. The first kappa shape index (κ1) is 15.5. The van der Waals surface area contributed by atoms with E-state index in [2.05, 4.69) is 5.10 Å². The third-order valence-electron chi connectivity index (χ3n) is 2.84. The molecule has 3 rings (SSSR count). The predicted octanol–water partition coefficient (Wildman–Crippen LogP) is 5.18. The lowest BCUT2D eigenvalue weighted by Gasteiger charge is -2.07. The molecule has 0 fully saturated rings. The Hall–Kier alpha value is -1.40. The molecule has 2 aromatic carbocycles. The molecule has 1 N–H and O–H groups in total. The van der Waals surface area contributed by atoms with Gasteiger partial charge in [-0.05, 0) is 24.3 Å². The molecule has 1 aromatic heterocycles. The molecule has 0 unspecified atom stereocenters. The number of nitrogens with one attached hydrogen (secondary N) is 1. The molecule has 112 valence electrons. The van der Waals surface area contributed by atoms with Gasteiger partial charge in [0.05, 0.1) is 10.0 Å². The maximum atomic E-state index is 13.3. The van der Waals surface area contributed by atoms with Crippen molar-refractivity contribution < 1.29 is 4.39 Å². The summed E-state index contributed by atoms with van der Waals surface area (Å²) >= 11 is 19.3. The molecule has 0 aliphatic carbocycles. The van der Waals surface area contributed by atoms with Gasteiger partial charge < -0.3 is 0 Å². The van der Waals surface area contributed by atoms with E-state index < -0.39 is 0 Å². The van der Waals surface area contributed by atoms with Crippen molar-refractivity contribution in [3.05, 3.63) is 62.1 Å². The van der Waals surface area contributed by atoms with Crippen LogP contribution in [0.4, 0.5) is 4.39 Å². The summed E-state index contributed by atoms with van der Waals surface area (Å²) in [6, 6.07) is 9.06. The van der Waals surface area contributed by atoms with Crippen molar-refractivity contribution in [2.45, 2.75) is 0 Å². The second-order valence-electron chi connectivity index (χ2n) is 4.35. The molecular weight excluding hydrogens is 368 g/mol. The molecule has 0 saturated heterocycles. The van der Waals surface area contributed by atoms with E-state index in [1.807, 2.05) is 0 Å². The van der Waals surface area contributed by atoms with Gasteiger partial charge in [0.2, 0.25) is 4.80 Å². The summed E-state index contributed by atoms with van der Waals surface area (Å²) in [6.07, 6.45) is 0. The van der Waals surface area contributed by atoms with E-state index in [1.54, 1.807) is 12.1 Å². The fourth-order valence-corrected chi connectivity index (χ4v) is 3.66. The van der Waals surface area contributed by atoms with Gasteiger partial charge in [-0.3, -0.25) is 5.41 Å². The molecule has 0 aliphatic heterocycles. The molecule has 0 atom stereocenters. The lowest BCUT2D eigenvalue weighted by Crippen LogP contribution is -2.13. The molecule has 3 nitrogen and oxygen atoms in total. The van der Waals surface area contributed by atoms with E-state index in [0.29, 0.717) is 21.3 Å². The van der Waals surface area contributed by atoms with Gasteiger partial charge in [0.1, 0.15) is 16.5 Å².